The first-order valence-corrected chi connectivity index (χ1v) is 6.13. The molecular weight excluding hydrogens is 224 g/mol. The van der Waals surface area contributed by atoms with Crippen LogP contribution in [0.1, 0.15) is 26.7 Å². The normalized spacial score (nSPS) is 20.2. The van der Waals surface area contributed by atoms with Crippen molar-refractivity contribution in [1.29, 1.82) is 0 Å². The van der Waals surface area contributed by atoms with Crippen molar-refractivity contribution in [2.24, 2.45) is 0 Å². The van der Waals surface area contributed by atoms with Crippen molar-refractivity contribution in [1.82, 2.24) is 9.97 Å². The smallest absolute Gasteiger partial charge is 0.224 e. The topological polar surface area (TPSA) is 41.1 Å². The maximum absolute atomic E-state index is 6.15. The van der Waals surface area contributed by atoms with Gasteiger partial charge in [-0.25, -0.2) is 4.98 Å². The highest BCUT2D eigenvalue weighted by Gasteiger charge is 2.24. The van der Waals surface area contributed by atoms with Crippen molar-refractivity contribution < 1.29 is 0 Å². The number of halogens is 1. The summed E-state index contributed by atoms with van der Waals surface area (Å²) in [6, 6.07) is 0.516. The Hall–Kier alpha value is -1.03. The molecule has 4 nitrogen and oxygen atoms in total. The zero-order chi connectivity index (χ0) is 11.5. The number of hydrogen-bond acceptors (Lipinski definition) is 4. The molecule has 1 N–H and O–H groups in total. The van der Waals surface area contributed by atoms with E-state index in [1.807, 2.05) is 6.92 Å². The standard InChI is InChI=1S/C11H17ClN4/c1-3-13-11-14-7-9(12)10(15-11)16-6-4-5-8(16)2/h7-8H,3-6H2,1-2H3,(H,13,14,15). The molecule has 0 spiro atoms. The molecule has 88 valence electrons. The van der Waals surface area contributed by atoms with E-state index in [-0.39, 0.29) is 0 Å². The Morgan fingerprint density at radius 1 is 1.62 bits per heavy atom. The maximum atomic E-state index is 6.15. The van der Waals surface area contributed by atoms with Gasteiger partial charge in [0.05, 0.1) is 6.20 Å². The number of aromatic nitrogens is 2. The predicted molar refractivity (Wildman–Crippen MR) is 67.2 cm³/mol. The Labute approximate surface area is 101 Å². The van der Waals surface area contributed by atoms with E-state index in [0.717, 1.165) is 18.9 Å². The molecule has 0 bridgehead atoms. The highest BCUT2D eigenvalue weighted by Crippen LogP contribution is 2.29. The highest BCUT2D eigenvalue weighted by atomic mass is 35.5. The second-order valence-corrected chi connectivity index (χ2v) is 4.49. The Morgan fingerprint density at radius 2 is 2.44 bits per heavy atom. The van der Waals surface area contributed by atoms with Crippen LogP contribution in [0.5, 0.6) is 0 Å². The Morgan fingerprint density at radius 3 is 3.06 bits per heavy atom. The van der Waals surface area contributed by atoms with Crippen LogP contribution < -0.4 is 10.2 Å². The van der Waals surface area contributed by atoms with Crippen LogP contribution in [0.2, 0.25) is 5.02 Å². The first-order chi connectivity index (χ1) is 7.72. The van der Waals surface area contributed by atoms with Crippen LogP contribution in [-0.2, 0) is 0 Å². The number of nitrogens with zero attached hydrogens (tertiary/aromatic N) is 3. The average molecular weight is 241 g/mol. The summed E-state index contributed by atoms with van der Waals surface area (Å²) >= 11 is 6.15. The summed E-state index contributed by atoms with van der Waals surface area (Å²) in [7, 11) is 0. The first-order valence-electron chi connectivity index (χ1n) is 5.75. The fourth-order valence-corrected chi connectivity index (χ4v) is 2.25. The van der Waals surface area contributed by atoms with E-state index in [1.54, 1.807) is 6.20 Å². The summed E-state index contributed by atoms with van der Waals surface area (Å²) in [6.07, 6.45) is 4.09. The third-order valence-electron chi connectivity index (χ3n) is 2.89. The number of nitrogens with one attached hydrogen (secondary N) is 1. The summed E-state index contributed by atoms with van der Waals surface area (Å²) in [5.41, 5.74) is 0. The number of rotatable bonds is 3. The molecule has 0 saturated carbocycles. The SMILES string of the molecule is CCNc1ncc(Cl)c(N2CCCC2C)n1. The minimum atomic E-state index is 0.516. The van der Waals surface area contributed by atoms with Gasteiger partial charge in [0.25, 0.3) is 0 Å². The number of anilines is 2. The van der Waals surface area contributed by atoms with Crippen molar-refractivity contribution in [2.75, 3.05) is 23.3 Å². The van der Waals surface area contributed by atoms with Crippen molar-refractivity contribution in [2.45, 2.75) is 32.7 Å². The molecule has 2 rings (SSSR count). The largest absolute Gasteiger partial charge is 0.354 e. The molecule has 0 aliphatic carbocycles. The molecule has 0 amide bonds. The third kappa shape index (κ3) is 2.21. The lowest BCUT2D eigenvalue weighted by molar-refractivity contribution is 0.726. The molecule has 1 atom stereocenters. The van der Waals surface area contributed by atoms with Gasteiger partial charge in [-0.15, -0.1) is 0 Å². The second-order valence-electron chi connectivity index (χ2n) is 4.08. The van der Waals surface area contributed by atoms with Crippen molar-refractivity contribution in [3.05, 3.63) is 11.2 Å². The molecule has 1 aromatic rings. The lowest BCUT2D eigenvalue weighted by atomic mass is 10.2. The van der Waals surface area contributed by atoms with Crippen LogP contribution in [0.4, 0.5) is 11.8 Å². The van der Waals surface area contributed by atoms with Gasteiger partial charge in [0.2, 0.25) is 5.95 Å². The maximum Gasteiger partial charge on any atom is 0.224 e. The summed E-state index contributed by atoms with van der Waals surface area (Å²) < 4.78 is 0. The molecule has 1 aliphatic rings. The molecule has 1 aromatic heterocycles. The molecule has 2 heterocycles. The Kier molecular flexibility index (Phi) is 3.49. The van der Waals surface area contributed by atoms with Gasteiger partial charge in [-0.2, -0.15) is 4.98 Å². The van der Waals surface area contributed by atoms with E-state index < -0.39 is 0 Å². The van der Waals surface area contributed by atoms with Gasteiger partial charge in [0.1, 0.15) is 5.02 Å². The van der Waals surface area contributed by atoms with Crippen LogP contribution in [0, 0.1) is 0 Å². The zero-order valence-corrected chi connectivity index (χ0v) is 10.5. The van der Waals surface area contributed by atoms with E-state index >= 15 is 0 Å². The molecular formula is C11H17ClN4. The fourth-order valence-electron chi connectivity index (χ4n) is 2.05. The summed E-state index contributed by atoms with van der Waals surface area (Å²) in [5.74, 6) is 1.51. The summed E-state index contributed by atoms with van der Waals surface area (Å²) in [5, 5.41) is 3.74. The minimum Gasteiger partial charge on any atom is -0.354 e. The Bertz CT molecular complexity index is 369. The third-order valence-corrected chi connectivity index (χ3v) is 3.15. The monoisotopic (exact) mass is 240 g/mol. The second kappa shape index (κ2) is 4.87. The molecule has 1 saturated heterocycles. The van der Waals surface area contributed by atoms with E-state index in [9.17, 15) is 0 Å². The fraction of sp³-hybridized carbons (Fsp3) is 0.636. The van der Waals surface area contributed by atoms with Crippen molar-refractivity contribution in [3.63, 3.8) is 0 Å². The van der Waals surface area contributed by atoms with Crippen molar-refractivity contribution in [3.8, 4) is 0 Å². The molecule has 16 heavy (non-hydrogen) atoms. The van der Waals surface area contributed by atoms with Crippen molar-refractivity contribution >= 4 is 23.4 Å². The van der Waals surface area contributed by atoms with Crippen LogP contribution in [0.3, 0.4) is 0 Å². The van der Waals surface area contributed by atoms with E-state index in [0.29, 0.717) is 17.0 Å². The van der Waals surface area contributed by atoms with Gasteiger partial charge in [-0.1, -0.05) is 11.6 Å². The minimum absolute atomic E-state index is 0.516. The molecule has 1 aliphatic heterocycles. The van der Waals surface area contributed by atoms with Gasteiger partial charge in [0, 0.05) is 19.1 Å². The molecule has 0 radical (unpaired) electrons. The van der Waals surface area contributed by atoms with E-state index in [2.05, 4.69) is 27.1 Å². The van der Waals surface area contributed by atoms with Gasteiger partial charge in [0.15, 0.2) is 5.82 Å². The summed E-state index contributed by atoms with van der Waals surface area (Å²) in [6.45, 7) is 6.08. The van der Waals surface area contributed by atoms with Crippen LogP contribution >= 0.6 is 11.6 Å². The lowest BCUT2D eigenvalue weighted by Gasteiger charge is -2.23. The van der Waals surface area contributed by atoms with Gasteiger partial charge >= 0.3 is 0 Å². The molecule has 0 aromatic carbocycles. The van der Waals surface area contributed by atoms with Crippen LogP contribution in [-0.4, -0.2) is 29.1 Å². The first kappa shape index (κ1) is 11.5. The molecule has 1 unspecified atom stereocenters. The van der Waals surface area contributed by atoms with Crippen LogP contribution in [0.25, 0.3) is 0 Å². The lowest BCUT2D eigenvalue weighted by Crippen LogP contribution is -2.27. The van der Waals surface area contributed by atoms with Gasteiger partial charge in [-0.05, 0) is 26.7 Å². The van der Waals surface area contributed by atoms with Gasteiger partial charge < -0.3 is 10.2 Å². The Balaban J connectivity index is 2.27. The zero-order valence-electron chi connectivity index (χ0n) is 9.70. The highest BCUT2D eigenvalue weighted by molar-refractivity contribution is 6.32. The number of hydrogen-bond donors (Lipinski definition) is 1. The average Bonchev–Trinajstić information content (AvgIpc) is 2.68. The van der Waals surface area contributed by atoms with E-state index in [1.165, 1.54) is 12.8 Å². The molecule has 1 fully saturated rings. The molecule has 5 heteroatoms. The quantitative estimate of drug-likeness (QED) is 0.882. The predicted octanol–water partition coefficient (Wildman–Crippen LogP) is 2.55. The van der Waals surface area contributed by atoms with Gasteiger partial charge in [-0.3, -0.25) is 0 Å². The van der Waals surface area contributed by atoms with Crippen LogP contribution in [0.15, 0.2) is 6.20 Å². The van der Waals surface area contributed by atoms with E-state index in [4.69, 9.17) is 11.6 Å². The summed E-state index contributed by atoms with van der Waals surface area (Å²) in [4.78, 5) is 10.9.